The van der Waals surface area contributed by atoms with Gasteiger partial charge in [0.25, 0.3) is 10.0 Å². The first kappa shape index (κ1) is 32.0. The maximum Gasteiger partial charge on any atom is 0.264 e. The van der Waals surface area contributed by atoms with Crippen LogP contribution >= 0.6 is 11.6 Å². The van der Waals surface area contributed by atoms with Crippen LogP contribution in [0.4, 0.5) is 5.69 Å². The van der Waals surface area contributed by atoms with Crippen LogP contribution in [0.2, 0.25) is 5.02 Å². The van der Waals surface area contributed by atoms with Crippen LogP contribution in [0.1, 0.15) is 44.7 Å². The van der Waals surface area contributed by atoms with E-state index in [2.05, 4.69) is 5.32 Å². The fourth-order valence-electron chi connectivity index (χ4n) is 4.38. The number of amides is 2. The molecule has 3 aromatic rings. The molecular formula is C31H38ClN3O5S. The maximum absolute atomic E-state index is 14.2. The van der Waals surface area contributed by atoms with Gasteiger partial charge in [-0.3, -0.25) is 13.9 Å². The highest BCUT2D eigenvalue weighted by Gasteiger charge is 2.34. The van der Waals surface area contributed by atoms with E-state index in [1.54, 1.807) is 50.4 Å². The van der Waals surface area contributed by atoms with Crippen LogP contribution in [0.5, 0.6) is 5.75 Å². The Bertz CT molecular complexity index is 1430. The van der Waals surface area contributed by atoms with E-state index in [4.69, 9.17) is 16.3 Å². The standard InChI is InChI=1S/C31H38ClN3O5S/c1-6-23(4)33-31(37)28(7-2)34(20-24-12-16-26(40-5)17-13-24)30(36)21-35(29-11-9-8-10-22(29)3)41(38,39)27-18-14-25(32)15-19-27/h8-19,23,28H,6-7,20-21H2,1-5H3,(H,33,37)/t23-,28-/m0/s1. The fraction of sp³-hybridized carbons (Fsp3) is 0.355. The second-order valence-electron chi connectivity index (χ2n) is 9.86. The molecule has 41 heavy (non-hydrogen) atoms. The molecule has 3 aromatic carbocycles. The topological polar surface area (TPSA) is 96.0 Å². The van der Waals surface area contributed by atoms with Crippen LogP contribution < -0.4 is 14.4 Å². The van der Waals surface area contributed by atoms with Crippen LogP contribution in [-0.4, -0.2) is 50.9 Å². The van der Waals surface area contributed by atoms with Crippen LogP contribution in [0, 0.1) is 6.92 Å². The van der Waals surface area contributed by atoms with E-state index in [9.17, 15) is 18.0 Å². The molecule has 3 rings (SSSR count). The Hall–Kier alpha value is -3.56. The molecule has 0 heterocycles. The minimum atomic E-state index is -4.17. The Balaban J connectivity index is 2.06. The first-order chi connectivity index (χ1) is 19.5. The summed E-state index contributed by atoms with van der Waals surface area (Å²) in [6.45, 7) is 7.09. The summed E-state index contributed by atoms with van der Waals surface area (Å²) in [7, 11) is -2.60. The van der Waals surface area contributed by atoms with Gasteiger partial charge in [-0.25, -0.2) is 8.42 Å². The highest BCUT2D eigenvalue weighted by atomic mass is 35.5. The molecule has 10 heteroatoms. The van der Waals surface area contributed by atoms with Gasteiger partial charge in [-0.2, -0.15) is 0 Å². The molecule has 0 fully saturated rings. The minimum Gasteiger partial charge on any atom is -0.497 e. The molecule has 0 saturated heterocycles. The molecule has 1 N–H and O–H groups in total. The SMILES string of the molecule is CC[C@H](C)NC(=O)[C@H](CC)N(Cc1ccc(OC)cc1)C(=O)CN(c1ccccc1C)S(=O)(=O)c1ccc(Cl)cc1. The largest absolute Gasteiger partial charge is 0.497 e. The number of carbonyl (C=O) groups is 2. The molecule has 0 radical (unpaired) electrons. The van der Waals surface area contributed by atoms with E-state index < -0.39 is 28.5 Å². The zero-order valence-electron chi connectivity index (χ0n) is 24.1. The van der Waals surface area contributed by atoms with Crippen molar-refractivity contribution >= 4 is 39.1 Å². The Morgan fingerprint density at radius 3 is 2.15 bits per heavy atom. The Labute approximate surface area is 248 Å². The monoisotopic (exact) mass is 599 g/mol. The highest BCUT2D eigenvalue weighted by Crippen LogP contribution is 2.28. The quantitative estimate of drug-likeness (QED) is 0.277. The summed E-state index contributed by atoms with van der Waals surface area (Å²) in [5, 5.41) is 3.37. The molecule has 2 atom stereocenters. The summed E-state index contributed by atoms with van der Waals surface area (Å²) in [6.07, 6.45) is 1.08. The van der Waals surface area contributed by atoms with E-state index in [-0.39, 0.29) is 23.4 Å². The van der Waals surface area contributed by atoms with Crippen molar-refractivity contribution in [2.24, 2.45) is 0 Å². The Morgan fingerprint density at radius 1 is 0.951 bits per heavy atom. The number of para-hydroxylation sites is 1. The van der Waals surface area contributed by atoms with Gasteiger partial charge >= 0.3 is 0 Å². The van der Waals surface area contributed by atoms with Crippen LogP contribution in [-0.2, 0) is 26.2 Å². The van der Waals surface area contributed by atoms with Gasteiger partial charge in [-0.05, 0) is 80.3 Å². The van der Waals surface area contributed by atoms with Crippen molar-refractivity contribution in [2.45, 2.75) is 64.1 Å². The molecule has 0 aromatic heterocycles. The average molecular weight is 600 g/mol. The maximum atomic E-state index is 14.2. The lowest BCUT2D eigenvalue weighted by Gasteiger charge is -2.34. The first-order valence-electron chi connectivity index (χ1n) is 13.6. The van der Waals surface area contributed by atoms with Crippen molar-refractivity contribution in [2.75, 3.05) is 18.0 Å². The number of anilines is 1. The van der Waals surface area contributed by atoms with Crippen molar-refractivity contribution in [3.8, 4) is 5.75 Å². The number of nitrogens with one attached hydrogen (secondary N) is 1. The number of halogens is 1. The lowest BCUT2D eigenvalue weighted by atomic mass is 10.1. The van der Waals surface area contributed by atoms with Crippen molar-refractivity contribution in [3.05, 3.63) is 88.9 Å². The number of hydrogen-bond acceptors (Lipinski definition) is 5. The predicted molar refractivity (Wildman–Crippen MR) is 163 cm³/mol. The zero-order valence-corrected chi connectivity index (χ0v) is 25.7. The van der Waals surface area contributed by atoms with Gasteiger partial charge in [0, 0.05) is 17.6 Å². The second-order valence-corrected chi connectivity index (χ2v) is 12.2. The van der Waals surface area contributed by atoms with Crippen molar-refractivity contribution in [1.82, 2.24) is 10.2 Å². The van der Waals surface area contributed by atoms with Gasteiger partial charge in [0.2, 0.25) is 11.8 Å². The number of benzene rings is 3. The fourth-order valence-corrected chi connectivity index (χ4v) is 5.98. The van der Waals surface area contributed by atoms with Gasteiger partial charge < -0.3 is 15.0 Å². The number of carbonyl (C=O) groups excluding carboxylic acids is 2. The molecule has 2 amide bonds. The molecular weight excluding hydrogens is 562 g/mol. The molecule has 0 bridgehead atoms. The molecule has 0 aliphatic heterocycles. The van der Waals surface area contributed by atoms with E-state index in [0.717, 1.165) is 16.3 Å². The smallest absolute Gasteiger partial charge is 0.264 e. The summed E-state index contributed by atoms with van der Waals surface area (Å²) in [4.78, 5) is 29.0. The summed E-state index contributed by atoms with van der Waals surface area (Å²) in [5.41, 5.74) is 1.83. The van der Waals surface area contributed by atoms with Gasteiger partial charge in [-0.1, -0.05) is 55.8 Å². The first-order valence-corrected chi connectivity index (χ1v) is 15.4. The van der Waals surface area contributed by atoms with Gasteiger partial charge in [0.1, 0.15) is 18.3 Å². The van der Waals surface area contributed by atoms with Gasteiger partial charge in [0.05, 0.1) is 17.7 Å². The molecule has 220 valence electrons. The van der Waals surface area contributed by atoms with Gasteiger partial charge in [0.15, 0.2) is 0 Å². The third kappa shape index (κ3) is 8.01. The molecule has 0 aliphatic carbocycles. The lowest BCUT2D eigenvalue weighted by Crippen LogP contribution is -2.53. The molecule has 0 saturated carbocycles. The van der Waals surface area contributed by atoms with Crippen molar-refractivity contribution in [1.29, 1.82) is 0 Å². The lowest BCUT2D eigenvalue weighted by molar-refractivity contribution is -0.140. The van der Waals surface area contributed by atoms with Crippen LogP contribution in [0.3, 0.4) is 0 Å². The zero-order chi connectivity index (χ0) is 30.2. The second kappa shape index (κ2) is 14.4. The van der Waals surface area contributed by atoms with Crippen molar-refractivity contribution < 1.29 is 22.7 Å². The van der Waals surface area contributed by atoms with Crippen molar-refractivity contribution in [3.63, 3.8) is 0 Å². The molecule has 0 spiro atoms. The molecule has 0 aliphatic rings. The van der Waals surface area contributed by atoms with E-state index in [0.29, 0.717) is 28.4 Å². The Morgan fingerprint density at radius 2 is 1.59 bits per heavy atom. The summed E-state index contributed by atoms with van der Waals surface area (Å²) < 4.78 is 34.3. The minimum absolute atomic E-state index is 0.00112. The van der Waals surface area contributed by atoms with E-state index in [1.165, 1.54) is 29.2 Å². The summed E-state index contributed by atoms with van der Waals surface area (Å²) in [6, 6.07) is 19.1. The van der Waals surface area contributed by atoms with E-state index in [1.807, 2.05) is 32.9 Å². The highest BCUT2D eigenvalue weighted by molar-refractivity contribution is 7.92. The number of hydrogen-bond donors (Lipinski definition) is 1. The summed E-state index contributed by atoms with van der Waals surface area (Å²) >= 11 is 6.02. The van der Waals surface area contributed by atoms with Crippen LogP contribution in [0.15, 0.2) is 77.7 Å². The molecule has 8 nitrogen and oxygen atoms in total. The number of methoxy groups -OCH3 is 1. The molecule has 0 unspecified atom stereocenters. The van der Waals surface area contributed by atoms with Crippen LogP contribution in [0.25, 0.3) is 0 Å². The number of nitrogens with zero attached hydrogens (tertiary/aromatic N) is 2. The Kier molecular flexibility index (Phi) is 11.2. The predicted octanol–water partition coefficient (Wildman–Crippen LogP) is 5.57. The number of ether oxygens (including phenoxy) is 1. The number of rotatable bonds is 13. The average Bonchev–Trinajstić information content (AvgIpc) is 2.96. The normalized spacial score (nSPS) is 12.7. The number of aryl methyl sites for hydroxylation is 1. The third-order valence-electron chi connectivity index (χ3n) is 6.96. The number of sulfonamides is 1. The third-order valence-corrected chi connectivity index (χ3v) is 8.99. The van der Waals surface area contributed by atoms with E-state index >= 15 is 0 Å². The van der Waals surface area contributed by atoms with Gasteiger partial charge in [-0.15, -0.1) is 0 Å². The summed E-state index contributed by atoms with van der Waals surface area (Å²) in [5.74, 6) is -0.132.